The average Bonchev–Trinajstić information content (AvgIpc) is 3.55. The summed E-state index contributed by atoms with van der Waals surface area (Å²) in [6.07, 6.45) is 1.37. The molecule has 5 rings (SSSR count). The van der Waals surface area contributed by atoms with Crippen LogP contribution in [0.4, 0.5) is 4.79 Å². The van der Waals surface area contributed by atoms with Crippen LogP contribution >= 0.6 is 0 Å². The molecule has 2 aliphatic rings. The molecule has 3 aromatic rings. The van der Waals surface area contributed by atoms with Gasteiger partial charge in [-0.25, -0.2) is 0 Å². The van der Waals surface area contributed by atoms with E-state index in [-0.39, 0.29) is 23.1 Å². The molecule has 8 heteroatoms. The minimum atomic E-state index is -0.839. The Kier molecular flexibility index (Phi) is 7.72. The van der Waals surface area contributed by atoms with Crippen LogP contribution in [0, 0.1) is 0 Å². The van der Waals surface area contributed by atoms with E-state index in [1.165, 1.54) is 0 Å². The Hall–Kier alpha value is -3.74. The third kappa shape index (κ3) is 5.15. The molecular weight excluding hydrogens is 547 g/mol. The molecule has 0 saturated carbocycles. The molecule has 7 nitrogen and oxygen atoms in total. The fourth-order valence-corrected chi connectivity index (χ4v) is 7.30. The second-order valence-corrected chi connectivity index (χ2v) is 11.7. The van der Waals surface area contributed by atoms with E-state index < -0.39 is 33.1 Å². The average molecular weight is 576 g/mol. The molecule has 1 aliphatic heterocycles. The van der Waals surface area contributed by atoms with Crippen LogP contribution in [0.1, 0.15) is 47.2 Å². The second kappa shape index (κ2) is 11.3. The number of aldehydes is 1. The number of nitrogens with zero attached hydrogens (tertiary/aromatic N) is 1. The fraction of sp³-hybridized carbons (Fsp3) is 0.267. The van der Waals surface area contributed by atoms with Gasteiger partial charge in [0.1, 0.15) is 0 Å². The van der Waals surface area contributed by atoms with E-state index in [0.717, 1.165) is 28.5 Å². The number of hydrogen-bond donors (Lipinski definition) is 1. The SMILES string of the molecule is C[C@H](NC(=O)OCC1c2ccccc2-c2ccccc21)C(=O)N1CCC[C@@H]1C(=O)[Se]c1ccccc1C=O. The van der Waals surface area contributed by atoms with Crippen molar-refractivity contribution in [2.75, 3.05) is 13.2 Å². The zero-order valence-electron chi connectivity index (χ0n) is 21.0. The van der Waals surface area contributed by atoms with Gasteiger partial charge in [-0.15, -0.1) is 0 Å². The number of hydrogen-bond acceptors (Lipinski definition) is 5. The Morgan fingerprint density at radius 3 is 2.32 bits per heavy atom. The molecule has 0 aromatic heterocycles. The standard InChI is InChI=1S/C30H28N2O5Se/c1-19(28(34)32-16-8-14-26(32)29(35)38-27-15-7-2-9-20(27)17-33)31-30(36)37-18-25-23-12-5-3-10-21(23)22-11-4-6-13-24(22)25/h2-7,9-13,15,17,19,25-26H,8,14,16,18H2,1H3,(H,31,36)/t19-,26+/m0/s1. The van der Waals surface area contributed by atoms with Crippen molar-refractivity contribution in [2.24, 2.45) is 0 Å². The van der Waals surface area contributed by atoms with Crippen LogP contribution in [-0.4, -0.2) is 68.1 Å². The Morgan fingerprint density at radius 2 is 1.63 bits per heavy atom. The van der Waals surface area contributed by atoms with Crippen LogP contribution in [0.3, 0.4) is 0 Å². The van der Waals surface area contributed by atoms with Crippen LogP contribution in [-0.2, 0) is 14.3 Å². The van der Waals surface area contributed by atoms with Crippen molar-refractivity contribution in [3.05, 3.63) is 89.5 Å². The summed E-state index contributed by atoms with van der Waals surface area (Å²) >= 11 is -0.589. The topological polar surface area (TPSA) is 92.8 Å². The number of likely N-dealkylation sites (tertiary alicyclic amines) is 1. The predicted octanol–water partition coefficient (Wildman–Crippen LogP) is 3.27. The van der Waals surface area contributed by atoms with Crippen LogP contribution in [0.25, 0.3) is 11.1 Å². The molecule has 1 saturated heterocycles. The van der Waals surface area contributed by atoms with Gasteiger partial charge in [0.2, 0.25) is 0 Å². The van der Waals surface area contributed by atoms with E-state index in [9.17, 15) is 19.2 Å². The van der Waals surface area contributed by atoms with E-state index in [1.807, 2.05) is 36.4 Å². The first-order valence-corrected chi connectivity index (χ1v) is 14.4. The fourth-order valence-electron chi connectivity index (χ4n) is 5.25. The minimum absolute atomic E-state index is 0.0500. The number of alkyl carbamates (subject to hydrolysis) is 1. The van der Waals surface area contributed by atoms with Gasteiger partial charge in [-0.1, -0.05) is 36.4 Å². The number of amides is 2. The van der Waals surface area contributed by atoms with Crippen LogP contribution in [0.2, 0.25) is 0 Å². The molecule has 2 amide bonds. The van der Waals surface area contributed by atoms with Gasteiger partial charge in [0.25, 0.3) is 0 Å². The summed E-state index contributed by atoms with van der Waals surface area (Å²) in [5, 5.41) is 2.65. The number of rotatable bonds is 8. The van der Waals surface area contributed by atoms with Gasteiger partial charge in [-0.3, -0.25) is 0 Å². The van der Waals surface area contributed by atoms with Crippen molar-refractivity contribution in [2.45, 2.75) is 37.8 Å². The summed E-state index contributed by atoms with van der Waals surface area (Å²) in [6, 6.07) is 21.8. The Morgan fingerprint density at radius 1 is 1.00 bits per heavy atom. The maximum atomic E-state index is 13.2. The first-order valence-electron chi connectivity index (χ1n) is 12.7. The molecule has 1 heterocycles. The van der Waals surface area contributed by atoms with Gasteiger partial charge < -0.3 is 0 Å². The Bertz CT molecular complexity index is 1340. The van der Waals surface area contributed by atoms with E-state index >= 15 is 0 Å². The molecular formula is C30H28N2O5Se. The molecule has 2 atom stereocenters. The van der Waals surface area contributed by atoms with Crippen molar-refractivity contribution in [1.82, 2.24) is 10.2 Å². The van der Waals surface area contributed by atoms with Crippen molar-refractivity contribution < 1.29 is 23.9 Å². The van der Waals surface area contributed by atoms with Crippen molar-refractivity contribution in [3.8, 4) is 11.1 Å². The number of fused-ring (bicyclic) bond motifs is 3. The zero-order valence-corrected chi connectivity index (χ0v) is 22.7. The summed E-state index contributed by atoms with van der Waals surface area (Å²) in [5.74, 6) is -0.384. The Labute approximate surface area is 227 Å². The van der Waals surface area contributed by atoms with E-state index in [2.05, 4.69) is 17.4 Å². The molecule has 0 spiro atoms. The molecule has 1 fully saturated rings. The van der Waals surface area contributed by atoms with Crippen molar-refractivity contribution >= 4 is 42.4 Å². The van der Waals surface area contributed by atoms with Crippen LogP contribution in [0.15, 0.2) is 72.8 Å². The summed E-state index contributed by atoms with van der Waals surface area (Å²) in [4.78, 5) is 51.9. The first-order chi connectivity index (χ1) is 18.5. The normalized spacial score (nSPS) is 16.9. The molecule has 38 heavy (non-hydrogen) atoms. The quantitative estimate of drug-likeness (QED) is 0.329. The van der Waals surface area contributed by atoms with Gasteiger partial charge >= 0.3 is 192 Å². The molecule has 194 valence electrons. The zero-order chi connectivity index (χ0) is 26.6. The number of benzene rings is 3. The van der Waals surface area contributed by atoms with Crippen LogP contribution < -0.4 is 9.78 Å². The number of ether oxygens (including phenoxy) is 1. The summed E-state index contributed by atoms with van der Waals surface area (Å²) in [6.45, 7) is 2.22. The van der Waals surface area contributed by atoms with Gasteiger partial charge in [0, 0.05) is 0 Å². The third-order valence-corrected chi connectivity index (χ3v) is 9.35. The van der Waals surface area contributed by atoms with E-state index in [0.29, 0.717) is 29.4 Å². The van der Waals surface area contributed by atoms with Crippen molar-refractivity contribution in [3.63, 3.8) is 0 Å². The van der Waals surface area contributed by atoms with Gasteiger partial charge in [-0.2, -0.15) is 0 Å². The number of carbonyl (C=O) groups excluding carboxylic acids is 4. The summed E-state index contributed by atoms with van der Waals surface area (Å²) in [7, 11) is 0. The molecule has 0 unspecified atom stereocenters. The molecule has 1 aliphatic carbocycles. The molecule has 1 N–H and O–H groups in total. The van der Waals surface area contributed by atoms with Crippen molar-refractivity contribution in [1.29, 1.82) is 0 Å². The maximum absolute atomic E-state index is 13.2. The summed E-state index contributed by atoms with van der Waals surface area (Å²) in [5.41, 5.74) is 5.01. The van der Waals surface area contributed by atoms with E-state index in [1.54, 1.807) is 36.1 Å². The van der Waals surface area contributed by atoms with Gasteiger partial charge in [-0.05, 0) is 0 Å². The monoisotopic (exact) mass is 576 g/mol. The summed E-state index contributed by atoms with van der Waals surface area (Å²) < 4.78 is 6.25. The molecule has 3 aromatic carbocycles. The number of carbonyl (C=O) groups is 4. The number of nitrogens with one attached hydrogen (secondary N) is 1. The van der Waals surface area contributed by atoms with Gasteiger partial charge in [0.05, 0.1) is 0 Å². The second-order valence-electron chi connectivity index (χ2n) is 9.46. The van der Waals surface area contributed by atoms with E-state index in [4.69, 9.17) is 4.74 Å². The predicted molar refractivity (Wildman–Crippen MR) is 145 cm³/mol. The molecule has 0 bridgehead atoms. The molecule has 0 radical (unpaired) electrons. The Balaban J connectivity index is 1.19. The first kappa shape index (κ1) is 25.9. The van der Waals surface area contributed by atoms with Gasteiger partial charge in [0.15, 0.2) is 0 Å². The third-order valence-electron chi connectivity index (χ3n) is 7.11. The van der Waals surface area contributed by atoms with Crippen LogP contribution in [0.5, 0.6) is 0 Å².